The molecule has 4 aromatic rings. The van der Waals surface area contributed by atoms with E-state index in [0.717, 1.165) is 27.8 Å². The van der Waals surface area contributed by atoms with Gasteiger partial charge in [-0.15, -0.1) is 6.58 Å². The molecule has 1 saturated heterocycles. The number of likely N-dealkylation sites (N-methyl/N-ethyl adjacent to an activating group) is 1. The fourth-order valence-electron chi connectivity index (χ4n) is 6.07. The highest BCUT2D eigenvalue weighted by Gasteiger charge is 2.42. The standard InChI is InChI=1S/C38H36N2O7/c1-3-19-40(2)22-32-33(26-7-5-4-6-8-26)34(27-13-11-25(23-41)12-14-27)46-38(45-32)28-15-9-24(10-16-28)21-39-35(42)29-17-18-30-31(20-29)37(44)47-36(30)43/h3-18,20,32-34,38,41H,1,19,21-23H2,2H3,(H,39,42)/t32-,33-,34+,38?/m1/s1. The van der Waals surface area contributed by atoms with E-state index in [4.69, 9.17) is 9.47 Å². The van der Waals surface area contributed by atoms with E-state index in [1.165, 1.54) is 18.2 Å². The summed E-state index contributed by atoms with van der Waals surface area (Å²) in [5.41, 5.74) is 5.12. The zero-order valence-corrected chi connectivity index (χ0v) is 26.0. The second-order valence-corrected chi connectivity index (χ2v) is 11.8. The van der Waals surface area contributed by atoms with E-state index >= 15 is 0 Å². The minimum Gasteiger partial charge on any atom is -0.392 e. The van der Waals surface area contributed by atoms with Gasteiger partial charge in [0.25, 0.3) is 5.91 Å². The van der Waals surface area contributed by atoms with Crippen molar-refractivity contribution in [1.82, 2.24) is 10.2 Å². The van der Waals surface area contributed by atoms with Gasteiger partial charge in [-0.2, -0.15) is 0 Å². The number of aliphatic hydroxyl groups excluding tert-OH is 1. The number of esters is 2. The Balaban J connectivity index is 1.22. The van der Waals surface area contributed by atoms with E-state index < -0.39 is 18.2 Å². The number of hydrogen-bond acceptors (Lipinski definition) is 8. The van der Waals surface area contributed by atoms with Crippen molar-refractivity contribution < 1.29 is 33.7 Å². The molecule has 2 aliphatic heterocycles. The SMILES string of the molecule is C=CCN(C)C[C@H]1OC(c2ccc(CNC(=O)c3ccc4c(c3)C(=O)OC4=O)cc2)O[C@@H](c2ccc(CO)cc2)[C@@H]1c1ccccc1. The summed E-state index contributed by atoms with van der Waals surface area (Å²) < 4.78 is 18.1. The van der Waals surface area contributed by atoms with Crippen molar-refractivity contribution in [2.75, 3.05) is 20.1 Å². The van der Waals surface area contributed by atoms with Crippen LogP contribution in [-0.4, -0.2) is 54.1 Å². The Hall–Kier alpha value is -4.93. The first-order valence-electron chi connectivity index (χ1n) is 15.5. The van der Waals surface area contributed by atoms with Crippen molar-refractivity contribution in [3.8, 4) is 0 Å². The Morgan fingerprint density at radius 3 is 2.23 bits per heavy atom. The third-order valence-electron chi connectivity index (χ3n) is 8.51. The Kier molecular flexibility index (Phi) is 9.70. The fraction of sp³-hybridized carbons (Fsp3) is 0.237. The summed E-state index contributed by atoms with van der Waals surface area (Å²) in [7, 11) is 2.04. The van der Waals surface area contributed by atoms with E-state index in [1.807, 2.05) is 79.9 Å². The Morgan fingerprint density at radius 2 is 1.53 bits per heavy atom. The number of ether oxygens (including phenoxy) is 3. The second-order valence-electron chi connectivity index (χ2n) is 11.8. The molecule has 240 valence electrons. The first-order valence-corrected chi connectivity index (χ1v) is 15.5. The zero-order chi connectivity index (χ0) is 32.9. The molecule has 9 nitrogen and oxygen atoms in total. The van der Waals surface area contributed by atoms with Crippen LogP contribution < -0.4 is 5.32 Å². The number of rotatable bonds is 11. The van der Waals surface area contributed by atoms with E-state index in [0.29, 0.717) is 13.1 Å². The normalized spacial score (nSPS) is 20.5. The van der Waals surface area contributed by atoms with Gasteiger partial charge in [0.05, 0.1) is 29.9 Å². The third kappa shape index (κ3) is 7.08. The van der Waals surface area contributed by atoms with Crippen LogP contribution in [0, 0.1) is 0 Å². The van der Waals surface area contributed by atoms with Gasteiger partial charge in [-0.1, -0.05) is 84.9 Å². The molecule has 9 heteroatoms. The molecule has 0 radical (unpaired) electrons. The van der Waals surface area contributed by atoms with E-state index in [1.54, 1.807) is 0 Å². The van der Waals surface area contributed by atoms with Crippen LogP contribution in [0.15, 0.2) is 110 Å². The number of nitrogens with one attached hydrogen (secondary N) is 1. The summed E-state index contributed by atoms with van der Waals surface area (Å²) in [6.45, 7) is 5.46. The average Bonchev–Trinajstić information content (AvgIpc) is 3.39. The first-order chi connectivity index (χ1) is 22.8. The molecule has 2 N–H and O–H groups in total. The number of aliphatic hydroxyl groups is 1. The predicted molar refractivity (Wildman–Crippen MR) is 174 cm³/mol. The zero-order valence-electron chi connectivity index (χ0n) is 26.0. The Bertz CT molecular complexity index is 1760. The molecule has 4 atom stereocenters. The monoisotopic (exact) mass is 632 g/mol. The quantitative estimate of drug-likeness (QED) is 0.127. The van der Waals surface area contributed by atoms with Crippen LogP contribution in [0.4, 0.5) is 0 Å². The van der Waals surface area contributed by atoms with Gasteiger partial charge in [0.15, 0.2) is 6.29 Å². The minimum absolute atomic E-state index is 0.0373. The molecule has 6 rings (SSSR count). The molecular formula is C38H36N2O7. The topological polar surface area (TPSA) is 114 Å². The van der Waals surface area contributed by atoms with Gasteiger partial charge in [-0.25, -0.2) is 9.59 Å². The van der Waals surface area contributed by atoms with Crippen molar-refractivity contribution in [2.24, 2.45) is 0 Å². The van der Waals surface area contributed by atoms with Crippen LogP contribution in [0.25, 0.3) is 0 Å². The highest BCUT2D eigenvalue weighted by atomic mass is 16.7. The van der Waals surface area contributed by atoms with Crippen LogP contribution >= 0.6 is 0 Å². The minimum atomic E-state index is -0.753. The summed E-state index contributed by atoms with van der Waals surface area (Å²) in [5, 5.41) is 12.5. The van der Waals surface area contributed by atoms with Crippen LogP contribution in [0.2, 0.25) is 0 Å². The van der Waals surface area contributed by atoms with Crippen molar-refractivity contribution in [2.45, 2.75) is 37.6 Å². The lowest BCUT2D eigenvalue weighted by Crippen LogP contribution is -2.43. The number of benzene rings is 4. The Morgan fingerprint density at radius 1 is 0.851 bits per heavy atom. The van der Waals surface area contributed by atoms with E-state index in [-0.39, 0.29) is 53.9 Å². The van der Waals surface area contributed by atoms with Gasteiger partial charge in [0.2, 0.25) is 0 Å². The molecule has 4 aromatic carbocycles. The number of carbonyl (C=O) groups is 3. The smallest absolute Gasteiger partial charge is 0.346 e. The van der Waals surface area contributed by atoms with Crippen molar-refractivity contribution >= 4 is 17.8 Å². The van der Waals surface area contributed by atoms with Gasteiger partial charge >= 0.3 is 11.9 Å². The maximum atomic E-state index is 12.8. The van der Waals surface area contributed by atoms with E-state index in [9.17, 15) is 19.5 Å². The number of nitrogens with zero attached hydrogens (tertiary/aromatic N) is 1. The van der Waals surface area contributed by atoms with E-state index in [2.05, 4.69) is 33.7 Å². The predicted octanol–water partition coefficient (Wildman–Crippen LogP) is 5.48. The summed E-state index contributed by atoms with van der Waals surface area (Å²) in [6.07, 6.45) is 0.667. The molecule has 0 bridgehead atoms. The number of cyclic esters (lactones) is 2. The number of amides is 1. The lowest BCUT2D eigenvalue weighted by atomic mass is 9.83. The summed E-state index contributed by atoms with van der Waals surface area (Å²) in [4.78, 5) is 38.6. The third-order valence-corrected chi connectivity index (χ3v) is 8.51. The highest BCUT2D eigenvalue weighted by molar-refractivity contribution is 6.15. The molecule has 0 saturated carbocycles. The molecule has 1 fully saturated rings. The number of fused-ring (bicyclic) bond motifs is 1. The van der Waals surface area contributed by atoms with Gasteiger partial charge in [-0.3, -0.25) is 4.79 Å². The Labute approximate surface area is 273 Å². The van der Waals surface area contributed by atoms with Crippen molar-refractivity contribution in [1.29, 1.82) is 0 Å². The average molecular weight is 633 g/mol. The van der Waals surface area contributed by atoms with Crippen LogP contribution in [0.3, 0.4) is 0 Å². The lowest BCUT2D eigenvalue weighted by molar-refractivity contribution is -0.263. The molecule has 0 aliphatic carbocycles. The summed E-state index contributed by atoms with van der Waals surface area (Å²) >= 11 is 0. The molecular weight excluding hydrogens is 596 g/mol. The lowest BCUT2D eigenvalue weighted by Gasteiger charge is -2.44. The summed E-state index contributed by atoms with van der Waals surface area (Å²) in [6, 6.07) is 30.1. The van der Waals surface area contributed by atoms with Crippen molar-refractivity contribution in [3.05, 3.63) is 154 Å². The fourth-order valence-corrected chi connectivity index (χ4v) is 6.07. The number of carbonyl (C=O) groups excluding carboxylic acids is 3. The second kappa shape index (κ2) is 14.2. The maximum Gasteiger partial charge on any atom is 0.346 e. The van der Waals surface area contributed by atoms with Gasteiger partial charge < -0.3 is 29.5 Å². The highest BCUT2D eigenvalue weighted by Crippen LogP contribution is 2.47. The van der Waals surface area contributed by atoms with Crippen molar-refractivity contribution in [3.63, 3.8) is 0 Å². The van der Waals surface area contributed by atoms with Gasteiger partial charge in [-0.05, 0) is 47.5 Å². The van der Waals surface area contributed by atoms with Crippen LogP contribution in [0.5, 0.6) is 0 Å². The molecule has 1 amide bonds. The van der Waals surface area contributed by atoms with Gasteiger partial charge in [0.1, 0.15) is 0 Å². The number of hydrogen-bond donors (Lipinski definition) is 2. The van der Waals surface area contributed by atoms with Gasteiger partial charge in [0, 0.05) is 36.7 Å². The molecule has 1 unspecified atom stereocenters. The largest absolute Gasteiger partial charge is 0.392 e. The molecule has 0 spiro atoms. The van der Waals surface area contributed by atoms with Crippen LogP contribution in [0.1, 0.15) is 77.2 Å². The molecule has 47 heavy (non-hydrogen) atoms. The molecule has 0 aromatic heterocycles. The maximum absolute atomic E-state index is 12.8. The summed E-state index contributed by atoms with van der Waals surface area (Å²) in [5.74, 6) is -1.94. The first kappa shape index (κ1) is 32.0. The molecule has 2 heterocycles. The van der Waals surface area contributed by atoms with Crippen LogP contribution in [-0.2, 0) is 27.4 Å². The molecule has 2 aliphatic rings.